The predicted octanol–water partition coefficient (Wildman–Crippen LogP) is 1.45. The fraction of sp³-hybridized carbons (Fsp3) is 0.438. The van der Waals surface area contributed by atoms with Crippen molar-refractivity contribution >= 4 is 16.7 Å². The van der Waals surface area contributed by atoms with E-state index in [1.54, 1.807) is 24.3 Å². The van der Waals surface area contributed by atoms with Gasteiger partial charge in [-0.3, -0.25) is 9.59 Å². The Morgan fingerprint density at radius 2 is 2.00 bits per heavy atom. The van der Waals surface area contributed by atoms with Crippen LogP contribution in [0.2, 0.25) is 0 Å². The maximum Gasteiger partial charge on any atom is 0.272 e. The summed E-state index contributed by atoms with van der Waals surface area (Å²) in [5.41, 5.74) is -0.235. The number of H-pyrrole nitrogens is 1. The third-order valence-electron chi connectivity index (χ3n) is 3.66. The molecule has 118 valence electrons. The molecule has 0 fully saturated rings. The second-order valence-corrected chi connectivity index (χ2v) is 6.13. The molecule has 2 aromatic rings. The molecule has 6 heteroatoms. The molecule has 1 aromatic carbocycles. The van der Waals surface area contributed by atoms with Crippen LogP contribution >= 0.6 is 0 Å². The van der Waals surface area contributed by atoms with E-state index in [1.807, 2.05) is 13.8 Å². The third kappa shape index (κ3) is 3.71. The van der Waals surface area contributed by atoms with Crippen molar-refractivity contribution in [3.63, 3.8) is 0 Å². The fourth-order valence-electron chi connectivity index (χ4n) is 2.22. The average molecular weight is 303 g/mol. The molecule has 2 rings (SSSR count). The number of nitrogens with zero attached hydrogens (tertiary/aromatic N) is 1. The summed E-state index contributed by atoms with van der Waals surface area (Å²) in [4.78, 5) is 23.9. The first-order chi connectivity index (χ1) is 10.4. The largest absolute Gasteiger partial charge is 0.396 e. The van der Waals surface area contributed by atoms with Gasteiger partial charge in [0.1, 0.15) is 0 Å². The highest BCUT2D eigenvalue weighted by Gasteiger charge is 2.17. The van der Waals surface area contributed by atoms with Crippen molar-refractivity contribution in [3.8, 4) is 0 Å². The van der Waals surface area contributed by atoms with Crippen molar-refractivity contribution < 1.29 is 9.90 Å². The minimum atomic E-state index is -0.311. The molecule has 6 nitrogen and oxygen atoms in total. The van der Waals surface area contributed by atoms with Gasteiger partial charge in [-0.15, -0.1) is 0 Å². The molecular weight excluding hydrogens is 282 g/mol. The number of aliphatic hydroxyl groups is 1. The number of amides is 1. The van der Waals surface area contributed by atoms with E-state index in [-0.39, 0.29) is 29.2 Å². The standard InChI is InChI=1S/C16H21N3O3/c1-16(2,10-20)8-5-9-17-15(22)13-11-6-3-4-7-12(11)14(21)19-18-13/h3-4,6-7,20H,5,8-10H2,1-2H3,(H,17,22)(H,19,21). The number of aliphatic hydroxyl groups excluding tert-OH is 1. The predicted molar refractivity (Wildman–Crippen MR) is 84.8 cm³/mol. The van der Waals surface area contributed by atoms with Crippen LogP contribution in [0, 0.1) is 5.41 Å². The molecule has 22 heavy (non-hydrogen) atoms. The van der Waals surface area contributed by atoms with Crippen LogP contribution in [0.1, 0.15) is 37.2 Å². The number of rotatable bonds is 6. The molecule has 0 aliphatic heterocycles. The van der Waals surface area contributed by atoms with Gasteiger partial charge < -0.3 is 10.4 Å². The maximum absolute atomic E-state index is 12.2. The lowest BCUT2D eigenvalue weighted by atomic mass is 9.89. The first-order valence-corrected chi connectivity index (χ1v) is 7.31. The SMILES string of the molecule is CC(C)(CO)CCCNC(=O)c1n[nH]c(=O)c2ccccc12. The Bertz CT molecular complexity index is 722. The average Bonchev–Trinajstić information content (AvgIpc) is 2.52. The van der Waals surface area contributed by atoms with Crippen LogP contribution in [0.4, 0.5) is 0 Å². The summed E-state index contributed by atoms with van der Waals surface area (Å²) in [6.45, 7) is 4.57. The summed E-state index contributed by atoms with van der Waals surface area (Å²) in [7, 11) is 0. The summed E-state index contributed by atoms with van der Waals surface area (Å²) in [6, 6.07) is 6.89. The normalized spacial score (nSPS) is 11.6. The first kappa shape index (κ1) is 16.2. The molecular formula is C16H21N3O3. The van der Waals surface area contributed by atoms with Gasteiger partial charge >= 0.3 is 0 Å². The van der Waals surface area contributed by atoms with Crippen molar-refractivity contribution in [1.82, 2.24) is 15.5 Å². The molecule has 1 heterocycles. The number of fused-ring (bicyclic) bond motifs is 1. The van der Waals surface area contributed by atoms with E-state index < -0.39 is 0 Å². The Morgan fingerprint density at radius 1 is 1.32 bits per heavy atom. The highest BCUT2D eigenvalue weighted by molar-refractivity contribution is 6.04. The van der Waals surface area contributed by atoms with Crippen molar-refractivity contribution in [3.05, 3.63) is 40.3 Å². The van der Waals surface area contributed by atoms with E-state index in [9.17, 15) is 14.7 Å². The Hall–Kier alpha value is -2.21. The van der Waals surface area contributed by atoms with Crippen molar-refractivity contribution in [2.75, 3.05) is 13.2 Å². The van der Waals surface area contributed by atoms with E-state index in [0.717, 1.165) is 12.8 Å². The molecule has 0 unspecified atom stereocenters. The number of hydrogen-bond donors (Lipinski definition) is 3. The molecule has 0 saturated heterocycles. The van der Waals surface area contributed by atoms with Gasteiger partial charge in [0, 0.05) is 18.5 Å². The lowest BCUT2D eigenvalue weighted by Gasteiger charge is -2.21. The molecule has 1 amide bonds. The van der Waals surface area contributed by atoms with Crippen LogP contribution in [0.5, 0.6) is 0 Å². The van der Waals surface area contributed by atoms with Gasteiger partial charge in [0.2, 0.25) is 0 Å². The second-order valence-electron chi connectivity index (χ2n) is 6.13. The zero-order valence-electron chi connectivity index (χ0n) is 12.8. The Balaban J connectivity index is 2.05. The second kappa shape index (κ2) is 6.70. The summed E-state index contributed by atoms with van der Waals surface area (Å²) < 4.78 is 0. The van der Waals surface area contributed by atoms with Crippen molar-refractivity contribution in [2.24, 2.45) is 5.41 Å². The van der Waals surface area contributed by atoms with Gasteiger partial charge in [0.05, 0.1) is 5.39 Å². The molecule has 0 radical (unpaired) electrons. The smallest absolute Gasteiger partial charge is 0.272 e. The molecule has 0 saturated carbocycles. The topological polar surface area (TPSA) is 95.1 Å². The van der Waals surface area contributed by atoms with Gasteiger partial charge in [-0.05, 0) is 24.3 Å². The third-order valence-corrected chi connectivity index (χ3v) is 3.66. The summed E-state index contributed by atoms with van der Waals surface area (Å²) in [6.07, 6.45) is 1.57. The number of carbonyl (C=O) groups excluding carboxylic acids is 1. The van der Waals surface area contributed by atoms with Crippen LogP contribution in [0.3, 0.4) is 0 Å². The minimum absolute atomic E-state index is 0.118. The molecule has 0 spiro atoms. The Kier molecular flexibility index (Phi) is 4.92. The van der Waals surface area contributed by atoms with Gasteiger partial charge in [0.25, 0.3) is 11.5 Å². The zero-order valence-corrected chi connectivity index (χ0v) is 12.8. The van der Waals surface area contributed by atoms with Gasteiger partial charge in [-0.25, -0.2) is 5.10 Å². The molecule has 0 atom stereocenters. The van der Waals surface area contributed by atoms with E-state index in [2.05, 4.69) is 15.5 Å². The lowest BCUT2D eigenvalue weighted by Crippen LogP contribution is -2.28. The lowest BCUT2D eigenvalue weighted by molar-refractivity contribution is 0.0944. The van der Waals surface area contributed by atoms with Crippen LogP contribution < -0.4 is 10.9 Å². The maximum atomic E-state index is 12.2. The van der Waals surface area contributed by atoms with Crippen LogP contribution in [-0.4, -0.2) is 34.4 Å². The summed E-state index contributed by atoms with van der Waals surface area (Å²) >= 11 is 0. The number of nitrogens with one attached hydrogen (secondary N) is 2. The van der Waals surface area contributed by atoms with Crippen LogP contribution in [0.25, 0.3) is 10.8 Å². The van der Waals surface area contributed by atoms with Gasteiger partial charge in [-0.1, -0.05) is 32.0 Å². The van der Waals surface area contributed by atoms with E-state index in [0.29, 0.717) is 17.3 Å². The quantitative estimate of drug-likeness (QED) is 0.704. The van der Waals surface area contributed by atoms with Crippen LogP contribution in [0.15, 0.2) is 29.1 Å². The minimum Gasteiger partial charge on any atom is -0.396 e. The molecule has 3 N–H and O–H groups in total. The van der Waals surface area contributed by atoms with Crippen molar-refractivity contribution in [1.29, 1.82) is 0 Å². The number of hydrogen-bond acceptors (Lipinski definition) is 4. The van der Waals surface area contributed by atoms with E-state index in [1.165, 1.54) is 0 Å². The summed E-state index contributed by atoms with van der Waals surface area (Å²) in [5.74, 6) is -0.311. The van der Waals surface area contributed by atoms with E-state index in [4.69, 9.17) is 0 Å². The number of carbonyl (C=O) groups is 1. The summed E-state index contributed by atoms with van der Waals surface area (Å²) in [5, 5.41) is 19.2. The fourth-order valence-corrected chi connectivity index (χ4v) is 2.22. The number of aromatic nitrogens is 2. The number of benzene rings is 1. The highest BCUT2D eigenvalue weighted by Crippen LogP contribution is 2.20. The highest BCUT2D eigenvalue weighted by atomic mass is 16.3. The first-order valence-electron chi connectivity index (χ1n) is 7.31. The molecule has 0 aliphatic carbocycles. The van der Waals surface area contributed by atoms with E-state index >= 15 is 0 Å². The molecule has 0 bridgehead atoms. The number of aromatic amines is 1. The van der Waals surface area contributed by atoms with Gasteiger partial charge in [-0.2, -0.15) is 5.10 Å². The van der Waals surface area contributed by atoms with Crippen LogP contribution in [-0.2, 0) is 0 Å². The monoisotopic (exact) mass is 303 g/mol. The molecule has 0 aliphatic rings. The zero-order chi connectivity index (χ0) is 16.2. The van der Waals surface area contributed by atoms with Gasteiger partial charge in [0.15, 0.2) is 5.69 Å². The molecule has 1 aromatic heterocycles. The Labute approximate surface area is 128 Å². The Morgan fingerprint density at radius 3 is 2.68 bits per heavy atom. The van der Waals surface area contributed by atoms with Crippen molar-refractivity contribution in [2.45, 2.75) is 26.7 Å².